The Morgan fingerprint density at radius 2 is 1.89 bits per heavy atom. The van der Waals surface area contributed by atoms with E-state index in [2.05, 4.69) is 41.5 Å². The second-order valence-electron chi connectivity index (χ2n) is 4.49. The Labute approximate surface area is 114 Å². The lowest BCUT2D eigenvalue weighted by Gasteiger charge is -2.14. The zero-order valence-corrected chi connectivity index (χ0v) is 11.5. The van der Waals surface area contributed by atoms with Gasteiger partial charge in [0.2, 0.25) is 5.88 Å². The van der Waals surface area contributed by atoms with Gasteiger partial charge in [0.05, 0.1) is 6.61 Å². The van der Waals surface area contributed by atoms with Crippen LogP contribution in [0.4, 0.5) is 5.82 Å². The molecule has 1 unspecified atom stereocenters. The van der Waals surface area contributed by atoms with Crippen LogP contribution in [0.25, 0.3) is 0 Å². The number of benzene rings is 1. The number of rotatable bonds is 6. The summed E-state index contributed by atoms with van der Waals surface area (Å²) in [6.45, 7) is 5.65. The molecule has 0 aliphatic rings. The van der Waals surface area contributed by atoms with Gasteiger partial charge in [-0.3, -0.25) is 0 Å². The normalized spacial score (nSPS) is 11.9. The second kappa shape index (κ2) is 6.78. The van der Waals surface area contributed by atoms with Crippen molar-refractivity contribution in [1.82, 2.24) is 4.98 Å². The summed E-state index contributed by atoms with van der Waals surface area (Å²) in [4.78, 5) is 4.39. The zero-order chi connectivity index (χ0) is 13.5. The van der Waals surface area contributed by atoms with Gasteiger partial charge >= 0.3 is 0 Å². The highest BCUT2D eigenvalue weighted by atomic mass is 16.5. The first kappa shape index (κ1) is 13.4. The third-order valence-electron chi connectivity index (χ3n) is 2.97. The largest absolute Gasteiger partial charge is 0.478 e. The van der Waals surface area contributed by atoms with E-state index < -0.39 is 0 Å². The van der Waals surface area contributed by atoms with Crippen molar-refractivity contribution in [1.29, 1.82) is 0 Å². The van der Waals surface area contributed by atoms with E-state index in [9.17, 15) is 0 Å². The summed E-state index contributed by atoms with van der Waals surface area (Å²) in [7, 11) is 0. The highest BCUT2D eigenvalue weighted by Crippen LogP contribution is 2.16. The minimum atomic E-state index is 0.443. The minimum absolute atomic E-state index is 0.443. The third-order valence-corrected chi connectivity index (χ3v) is 2.97. The van der Waals surface area contributed by atoms with E-state index in [1.165, 1.54) is 5.56 Å². The summed E-state index contributed by atoms with van der Waals surface area (Å²) in [6, 6.07) is 16.3. The van der Waals surface area contributed by atoms with Gasteiger partial charge < -0.3 is 10.1 Å². The van der Waals surface area contributed by atoms with Crippen LogP contribution >= 0.6 is 0 Å². The first-order valence-electron chi connectivity index (χ1n) is 6.68. The first-order chi connectivity index (χ1) is 9.29. The van der Waals surface area contributed by atoms with Gasteiger partial charge in [0.25, 0.3) is 0 Å². The first-order valence-corrected chi connectivity index (χ1v) is 6.68. The van der Waals surface area contributed by atoms with Crippen LogP contribution in [0.3, 0.4) is 0 Å². The van der Waals surface area contributed by atoms with Crippen LogP contribution in [0.5, 0.6) is 5.88 Å². The summed E-state index contributed by atoms with van der Waals surface area (Å²) in [5.41, 5.74) is 1.33. The number of anilines is 1. The number of pyridine rings is 1. The molecule has 0 aliphatic heterocycles. The molecule has 0 spiro atoms. The average molecular weight is 256 g/mol. The molecule has 0 bridgehead atoms. The van der Waals surface area contributed by atoms with Gasteiger partial charge in [-0.15, -0.1) is 0 Å². The van der Waals surface area contributed by atoms with E-state index in [1.54, 1.807) is 0 Å². The maximum absolute atomic E-state index is 5.39. The van der Waals surface area contributed by atoms with Gasteiger partial charge in [0, 0.05) is 12.6 Å². The predicted octanol–water partition coefficient (Wildman–Crippen LogP) is 3.70. The molecule has 2 rings (SSSR count). The van der Waals surface area contributed by atoms with Gasteiger partial charge in [-0.25, -0.2) is 0 Å². The number of nitrogens with zero attached hydrogens (tertiary/aromatic N) is 1. The number of hydrogen-bond acceptors (Lipinski definition) is 3. The van der Waals surface area contributed by atoms with Crippen molar-refractivity contribution in [3.05, 3.63) is 54.1 Å². The Morgan fingerprint density at radius 1 is 1.11 bits per heavy atom. The molecule has 3 nitrogen and oxygen atoms in total. The van der Waals surface area contributed by atoms with Crippen molar-refractivity contribution >= 4 is 5.82 Å². The molecule has 1 N–H and O–H groups in total. The molecule has 2 aromatic rings. The predicted molar refractivity (Wildman–Crippen MR) is 78.8 cm³/mol. The summed E-state index contributed by atoms with van der Waals surface area (Å²) in [5.74, 6) is 1.97. The quantitative estimate of drug-likeness (QED) is 0.855. The summed E-state index contributed by atoms with van der Waals surface area (Å²) >= 11 is 0. The molecule has 3 heteroatoms. The van der Waals surface area contributed by atoms with Crippen molar-refractivity contribution in [3.8, 4) is 5.88 Å². The van der Waals surface area contributed by atoms with Crippen molar-refractivity contribution in [2.24, 2.45) is 0 Å². The Kier molecular flexibility index (Phi) is 4.78. The fraction of sp³-hybridized carbons (Fsp3) is 0.312. The van der Waals surface area contributed by atoms with E-state index in [-0.39, 0.29) is 0 Å². The van der Waals surface area contributed by atoms with Gasteiger partial charge in [0.15, 0.2) is 0 Å². The van der Waals surface area contributed by atoms with Gasteiger partial charge in [-0.2, -0.15) is 4.98 Å². The molecule has 1 atom stereocenters. The highest BCUT2D eigenvalue weighted by Gasteiger charge is 2.05. The lowest BCUT2D eigenvalue weighted by atomic mass is 10.0. The molecule has 19 heavy (non-hydrogen) atoms. The van der Waals surface area contributed by atoms with E-state index >= 15 is 0 Å². The van der Waals surface area contributed by atoms with Crippen molar-refractivity contribution in [2.75, 3.05) is 18.5 Å². The van der Waals surface area contributed by atoms with Crippen LogP contribution < -0.4 is 10.1 Å². The summed E-state index contributed by atoms with van der Waals surface area (Å²) < 4.78 is 5.39. The number of nitrogens with one attached hydrogen (secondary N) is 1. The molecule has 0 fully saturated rings. The van der Waals surface area contributed by atoms with Crippen LogP contribution in [0.15, 0.2) is 48.5 Å². The fourth-order valence-electron chi connectivity index (χ4n) is 1.90. The number of ether oxygens (including phenoxy) is 1. The maximum Gasteiger partial charge on any atom is 0.215 e. The number of hydrogen-bond donors (Lipinski definition) is 1. The molecule has 0 amide bonds. The van der Waals surface area contributed by atoms with Crippen LogP contribution in [0.2, 0.25) is 0 Å². The fourth-order valence-corrected chi connectivity index (χ4v) is 1.90. The molecule has 1 aromatic heterocycles. The zero-order valence-electron chi connectivity index (χ0n) is 11.5. The Morgan fingerprint density at radius 3 is 2.63 bits per heavy atom. The number of aromatic nitrogens is 1. The molecule has 0 radical (unpaired) electrons. The Hall–Kier alpha value is -2.03. The average Bonchev–Trinajstić information content (AvgIpc) is 2.46. The molecule has 0 saturated heterocycles. The van der Waals surface area contributed by atoms with Gasteiger partial charge in [0.1, 0.15) is 5.82 Å². The molecule has 0 saturated carbocycles. The van der Waals surface area contributed by atoms with Crippen LogP contribution in [0.1, 0.15) is 25.3 Å². The van der Waals surface area contributed by atoms with Crippen molar-refractivity contribution in [3.63, 3.8) is 0 Å². The topological polar surface area (TPSA) is 34.1 Å². The lowest BCUT2D eigenvalue weighted by Crippen LogP contribution is -2.11. The molecule has 1 aromatic carbocycles. The summed E-state index contributed by atoms with van der Waals surface area (Å²) in [5, 5.41) is 3.35. The van der Waals surface area contributed by atoms with Crippen LogP contribution in [-0.4, -0.2) is 18.1 Å². The van der Waals surface area contributed by atoms with E-state index in [0.717, 1.165) is 12.4 Å². The van der Waals surface area contributed by atoms with Crippen LogP contribution in [-0.2, 0) is 0 Å². The van der Waals surface area contributed by atoms with E-state index in [0.29, 0.717) is 18.4 Å². The van der Waals surface area contributed by atoms with Gasteiger partial charge in [-0.1, -0.05) is 43.3 Å². The lowest BCUT2D eigenvalue weighted by molar-refractivity contribution is 0.327. The van der Waals surface area contributed by atoms with E-state index in [4.69, 9.17) is 4.74 Å². The van der Waals surface area contributed by atoms with Crippen LogP contribution in [0, 0.1) is 0 Å². The highest BCUT2D eigenvalue weighted by molar-refractivity contribution is 5.37. The van der Waals surface area contributed by atoms with Crippen molar-refractivity contribution < 1.29 is 4.74 Å². The second-order valence-corrected chi connectivity index (χ2v) is 4.49. The van der Waals surface area contributed by atoms with Crippen molar-refractivity contribution in [2.45, 2.75) is 19.8 Å². The molecular formula is C16H20N2O. The monoisotopic (exact) mass is 256 g/mol. The summed E-state index contributed by atoms with van der Waals surface area (Å²) in [6.07, 6.45) is 0. The molecule has 1 heterocycles. The van der Waals surface area contributed by atoms with Gasteiger partial charge in [-0.05, 0) is 24.5 Å². The Bertz CT molecular complexity index is 499. The minimum Gasteiger partial charge on any atom is -0.478 e. The molecule has 100 valence electrons. The molecular weight excluding hydrogens is 236 g/mol. The smallest absolute Gasteiger partial charge is 0.215 e. The third kappa shape index (κ3) is 3.98. The molecule has 0 aliphatic carbocycles. The standard InChI is InChI=1S/C16H20N2O/c1-3-19-16-11-7-10-15(18-16)17-12-13(2)14-8-5-4-6-9-14/h4-11,13H,3,12H2,1-2H3,(H,17,18). The van der Waals surface area contributed by atoms with E-state index in [1.807, 2.05) is 31.2 Å². The SMILES string of the molecule is CCOc1cccc(NCC(C)c2ccccc2)n1. The maximum atomic E-state index is 5.39. The Balaban J connectivity index is 1.93.